The first-order chi connectivity index (χ1) is 14.6. The van der Waals surface area contributed by atoms with Gasteiger partial charge in [-0.3, -0.25) is 10.1 Å². The highest BCUT2D eigenvalue weighted by Gasteiger charge is 2.49. The van der Waals surface area contributed by atoms with Crippen molar-refractivity contribution in [2.24, 2.45) is 0 Å². The van der Waals surface area contributed by atoms with Crippen molar-refractivity contribution < 1.29 is 19.1 Å². The maximum absolute atomic E-state index is 13.3. The van der Waals surface area contributed by atoms with Crippen molar-refractivity contribution >= 4 is 17.7 Å². The molecule has 0 aromatic heterocycles. The molecule has 2 amide bonds. The average Bonchev–Trinajstić information content (AvgIpc) is 2.95. The Kier molecular flexibility index (Phi) is 6.04. The van der Waals surface area contributed by atoms with Gasteiger partial charge in [-0.05, 0) is 63.3 Å². The van der Waals surface area contributed by atoms with Crippen molar-refractivity contribution in [2.45, 2.75) is 56.9 Å². The van der Waals surface area contributed by atoms with Gasteiger partial charge in [0.15, 0.2) is 0 Å². The lowest BCUT2D eigenvalue weighted by Crippen LogP contribution is -2.50. The molecule has 1 N–H and O–H groups in total. The Morgan fingerprint density at radius 1 is 1.03 bits per heavy atom. The van der Waals surface area contributed by atoms with Gasteiger partial charge >= 0.3 is 6.09 Å². The van der Waals surface area contributed by atoms with E-state index < -0.39 is 11.8 Å². The fourth-order valence-corrected chi connectivity index (χ4v) is 4.51. The second kappa shape index (κ2) is 8.88. The SMILES string of the molecule is C[C@@H]1CO[C@@]2(CCC[C@H](OC(=O)Nc3ccccc3)CC2)N1C(=O)c1ccccc1. The number of ether oxygens (including phenoxy) is 2. The summed E-state index contributed by atoms with van der Waals surface area (Å²) in [5, 5.41) is 2.77. The van der Waals surface area contributed by atoms with E-state index in [1.54, 1.807) is 0 Å². The molecular formula is C24H28N2O4. The zero-order valence-corrected chi connectivity index (χ0v) is 17.3. The number of amides is 2. The number of anilines is 1. The molecule has 1 aliphatic heterocycles. The van der Waals surface area contributed by atoms with E-state index in [2.05, 4.69) is 5.32 Å². The van der Waals surface area contributed by atoms with Crippen LogP contribution in [-0.4, -0.2) is 41.4 Å². The van der Waals surface area contributed by atoms with Crippen molar-refractivity contribution in [3.8, 4) is 0 Å². The molecule has 2 aromatic rings. The van der Waals surface area contributed by atoms with Crippen LogP contribution < -0.4 is 5.32 Å². The predicted molar refractivity (Wildman–Crippen MR) is 114 cm³/mol. The lowest BCUT2D eigenvalue weighted by molar-refractivity contribution is -0.0815. The first-order valence-electron chi connectivity index (χ1n) is 10.6. The summed E-state index contributed by atoms with van der Waals surface area (Å²) < 4.78 is 11.9. The topological polar surface area (TPSA) is 67.9 Å². The van der Waals surface area contributed by atoms with Gasteiger partial charge in [0.1, 0.15) is 11.8 Å². The summed E-state index contributed by atoms with van der Waals surface area (Å²) in [4.78, 5) is 27.5. The van der Waals surface area contributed by atoms with E-state index in [-0.39, 0.29) is 18.1 Å². The van der Waals surface area contributed by atoms with Crippen LogP contribution in [0, 0.1) is 0 Å². The molecule has 2 aromatic carbocycles. The molecule has 3 atom stereocenters. The van der Waals surface area contributed by atoms with Crippen LogP contribution in [0.1, 0.15) is 49.4 Å². The van der Waals surface area contributed by atoms with E-state index in [1.807, 2.05) is 72.5 Å². The van der Waals surface area contributed by atoms with Crippen LogP contribution in [0.25, 0.3) is 0 Å². The maximum Gasteiger partial charge on any atom is 0.411 e. The molecule has 1 saturated carbocycles. The standard InChI is InChI=1S/C24H28N2O4/c1-18-17-29-24(26(18)22(27)19-9-4-2-5-10-19)15-8-13-21(14-16-24)30-23(28)25-20-11-6-3-7-12-20/h2-7,9-12,18,21H,8,13-17H2,1H3,(H,25,28)/t18-,21+,24-/m1/s1. The Labute approximate surface area is 177 Å². The molecule has 30 heavy (non-hydrogen) atoms. The summed E-state index contributed by atoms with van der Waals surface area (Å²) in [6.45, 7) is 2.56. The van der Waals surface area contributed by atoms with E-state index in [4.69, 9.17) is 9.47 Å². The van der Waals surface area contributed by atoms with Gasteiger partial charge in [0.25, 0.3) is 5.91 Å². The Morgan fingerprint density at radius 2 is 1.73 bits per heavy atom. The van der Waals surface area contributed by atoms with Gasteiger partial charge in [-0.25, -0.2) is 4.79 Å². The van der Waals surface area contributed by atoms with Crippen molar-refractivity contribution in [3.05, 3.63) is 66.2 Å². The van der Waals surface area contributed by atoms with Crippen LogP contribution >= 0.6 is 0 Å². The van der Waals surface area contributed by atoms with Crippen LogP contribution in [0.4, 0.5) is 10.5 Å². The molecule has 0 radical (unpaired) electrons. The van der Waals surface area contributed by atoms with Gasteiger partial charge in [-0.1, -0.05) is 36.4 Å². The lowest BCUT2D eigenvalue weighted by Gasteiger charge is -2.38. The smallest absolute Gasteiger partial charge is 0.411 e. The van der Waals surface area contributed by atoms with Gasteiger partial charge in [-0.15, -0.1) is 0 Å². The van der Waals surface area contributed by atoms with E-state index in [0.29, 0.717) is 30.7 Å². The average molecular weight is 408 g/mol. The normalized spacial score (nSPS) is 26.2. The summed E-state index contributed by atoms with van der Waals surface area (Å²) in [5.41, 5.74) is 0.758. The summed E-state index contributed by atoms with van der Waals surface area (Å²) in [5.74, 6) is 0.00166. The minimum absolute atomic E-state index is 0.00166. The highest BCUT2D eigenvalue weighted by atomic mass is 16.6. The quantitative estimate of drug-likeness (QED) is 0.790. The largest absolute Gasteiger partial charge is 0.446 e. The van der Waals surface area contributed by atoms with Gasteiger partial charge in [0.2, 0.25) is 0 Å². The van der Waals surface area contributed by atoms with Crippen LogP contribution in [0.15, 0.2) is 60.7 Å². The lowest BCUT2D eigenvalue weighted by atomic mass is 10.00. The van der Waals surface area contributed by atoms with Gasteiger partial charge < -0.3 is 14.4 Å². The molecule has 1 saturated heterocycles. The Bertz CT molecular complexity index is 873. The minimum Gasteiger partial charge on any atom is -0.446 e. The van der Waals surface area contributed by atoms with Crippen molar-refractivity contribution in [2.75, 3.05) is 11.9 Å². The van der Waals surface area contributed by atoms with E-state index in [0.717, 1.165) is 19.3 Å². The maximum atomic E-state index is 13.3. The predicted octanol–water partition coefficient (Wildman–Crippen LogP) is 4.83. The molecule has 1 aliphatic carbocycles. The van der Waals surface area contributed by atoms with Crippen molar-refractivity contribution in [3.63, 3.8) is 0 Å². The summed E-state index contributed by atoms with van der Waals surface area (Å²) in [6, 6.07) is 18.6. The number of nitrogens with zero attached hydrogens (tertiary/aromatic N) is 1. The zero-order valence-electron chi connectivity index (χ0n) is 17.3. The molecule has 2 fully saturated rings. The van der Waals surface area contributed by atoms with E-state index in [9.17, 15) is 9.59 Å². The minimum atomic E-state index is -0.625. The number of carbonyl (C=O) groups excluding carboxylic acids is 2. The summed E-state index contributed by atoms with van der Waals surface area (Å²) in [7, 11) is 0. The van der Waals surface area contributed by atoms with E-state index >= 15 is 0 Å². The van der Waals surface area contributed by atoms with Crippen LogP contribution in [0.2, 0.25) is 0 Å². The molecule has 6 heteroatoms. The second-order valence-corrected chi connectivity index (χ2v) is 8.10. The van der Waals surface area contributed by atoms with Crippen LogP contribution in [-0.2, 0) is 9.47 Å². The molecule has 2 aliphatic rings. The summed E-state index contributed by atoms with van der Waals surface area (Å²) >= 11 is 0. The number of carbonyl (C=O) groups is 2. The zero-order chi connectivity index (χ0) is 21.0. The number of nitrogens with one attached hydrogen (secondary N) is 1. The number of rotatable bonds is 3. The van der Waals surface area contributed by atoms with Crippen LogP contribution in [0.5, 0.6) is 0 Å². The molecule has 0 unspecified atom stereocenters. The summed E-state index contributed by atoms with van der Waals surface area (Å²) in [6.07, 6.45) is 3.01. The van der Waals surface area contributed by atoms with Gasteiger partial charge in [-0.2, -0.15) is 0 Å². The third-order valence-corrected chi connectivity index (χ3v) is 5.96. The third-order valence-electron chi connectivity index (χ3n) is 5.96. The monoisotopic (exact) mass is 408 g/mol. The number of benzene rings is 2. The van der Waals surface area contributed by atoms with Gasteiger partial charge in [0, 0.05) is 11.3 Å². The molecule has 0 bridgehead atoms. The molecule has 1 heterocycles. The Hall–Kier alpha value is -2.86. The fraction of sp³-hybridized carbons (Fsp3) is 0.417. The Morgan fingerprint density at radius 3 is 2.47 bits per heavy atom. The van der Waals surface area contributed by atoms with E-state index in [1.165, 1.54) is 0 Å². The molecular weight excluding hydrogens is 380 g/mol. The molecule has 4 rings (SSSR count). The molecule has 158 valence electrons. The number of hydrogen-bond donors (Lipinski definition) is 1. The second-order valence-electron chi connectivity index (χ2n) is 8.10. The Balaban J connectivity index is 1.42. The fourth-order valence-electron chi connectivity index (χ4n) is 4.51. The highest BCUT2D eigenvalue weighted by molar-refractivity contribution is 5.95. The van der Waals surface area contributed by atoms with Gasteiger partial charge in [0.05, 0.1) is 12.6 Å². The van der Waals surface area contributed by atoms with Crippen molar-refractivity contribution in [1.29, 1.82) is 0 Å². The first kappa shape index (κ1) is 20.4. The van der Waals surface area contributed by atoms with Crippen LogP contribution in [0.3, 0.4) is 0 Å². The molecule has 6 nitrogen and oxygen atoms in total. The van der Waals surface area contributed by atoms with Crippen molar-refractivity contribution in [1.82, 2.24) is 4.90 Å². The number of hydrogen-bond acceptors (Lipinski definition) is 4. The highest BCUT2D eigenvalue weighted by Crippen LogP contribution is 2.41. The third kappa shape index (κ3) is 4.33. The first-order valence-corrected chi connectivity index (χ1v) is 10.6. The molecule has 1 spiro atoms. The number of para-hydroxylation sites is 1.